The summed E-state index contributed by atoms with van der Waals surface area (Å²) in [4.78, 5) is 11.7. The van der Waals surface area contributed by atoms with Crippen molar-refractivity contribution >= 4 is 17.3 Å². The Bertz CT molecular complexity index is 633. The molecule has 0 aliphatic carbocycles. The molecule has 0 aliphatic rings. The molecule has 0 heterocycles. The van der Waals surface area contributed by atoms with Gasteiger partial charge in [-0.3, -0.25) is 4.79 Å². The second-order valence-electron chi connectivity index (χ2n) is 4.53. The molecular formula is C15H13F3N2O. The fraction of sp³-hybridized carbons (Fsp3) is 0.133. The lowest BCUT2D eigenvalue weighted by atomic mass is 10.1. The van der Waals surface area contributed by atoms with Crippen molar-refractivity contribution in [2.75, 3.05) is 11.1 Å². The minimum Gasteiger partial charge on any atom is -0.399 e. The van der Waals surface area contributed by atoms with E-state index in [1.54, 1.807) is 24.3 Å². The molecule has 0 aromatic heterocycles. The van der Waals surface area contributed by atoms with Crippen molar-refractivity contribution in [2.24, 2.45) is 0 Å². The number of carbonyl (C=O) groups excluding carboxylic acids is 1. The van der Waals surface area contributed by atoms with E-state index in [0.717, 1.165) is 5.56 Å². The first-order valence-corrected chi connectivity index (χ1v) is 6.24. The lowest BCUT2D eigenvalue weighted by Crippen LogP contribution is -2.15. The number of aryl methyl sites for hydroxylation is 1. The van der Waals surface area contributed by atoms with Crippen LogP contribution < -0.4 is 11.1 Å². The van der Waals surface area contributed by atoms with Gasteiger partial charge in [0.1, 0.15) is 11.5 Å². The van der Waals surface area contributed by atoms with Crippen molar-refractivity contribution in [1.82, 2.24) is 0 Å². The summed E-state index contributed by atoms with van der Waals surface area (Å²) in [6.45, 7) is 0. The number of hydrogen-bond donors (Lipinski definition) is 2. The Balaban J connectivity index is 1.97. The third-order valence-corrected chi connectivity index (χ3v) is 2.89. The molecule has 0 atom stereocenters. The zero-order valence-electron chi connectivity index (χ0n) is 11.0. The molecule has 110 valence electrons. The fourth-order valence-electron chi connectivity index (χ4n) is 1.81. The van der Waals surface area contributed by atoms with Crippen LogP contribution in [-0.2, 0) is 11.2 Å². The lowest BCUT2D eigenvalue weighted by Gasteiger charge is -2.08. The Morgan fingerprint density at radius 2 is 1.62 bits per heavy atom. The van der Waals surface area contributed by atoms with Gasteiger partial charge in [0.25, 0.3) is 0 Å². The average Bonchev–Trinajstić information content (AvgIpc) is 2.42. The van der Waals surface area contributed by atoms with Gasteiger partial charge in [-0.15, -0.1) is 0 Å². The number of anilines is 2. The van der Waals surface area contributed by atoms with Crippen LogP contribution in [0.4, 0.5) is 24.5 Å². The molecule has 6 heteroatoms. The molecule has 0 fully saturated rings. The van der Waals surface area contributed by atoms with E-state index in [-0.39, 0.29) is 6.42 Å². The average molecular weight is 294 g/mol. The molecule has 2 rings (SSSR count). The summed E-state index contributed by atoms with van der Waals surface area (Å²) in [5.41, 5.74) is 6.38. The van der Waals surface area contributed by atoms with E-state index in [1.165, 1.54) is 0 Å². The molecule has 0 saturated heterocycles. The van der Waals surface area contributed by atoms with Crippen molar-refractivity contribution in [2.45, 2.75) is 12.8 Å². The smallest absolute Gasteiger partial charge is 0.224 e. The summed E-state index contributed by atoms with van der Waals surface area (Å²) >= 11 is 0. The molecule has 21 heavy (non-hydrogen) atoms. The Labute approximate surface area is 119 Å². The van der Waals surface area contributed by atoms with E-state index in [9.17, 15) is 18.0 Å². The predicted octanol–water partition coefficient (Wildman–Crippen LogP) is 3.26. The van der Waals surface area contributed by atoms with E-state index < -0.39 is 29.0 Å². The maximum absolute atomic E-state index is 13.4. The Kier molecular flexibility index (Phi) is 4.47. The molecule has 3 nitrogen and oxygen atoms in total. The Morgan fingerprint density at radius 3 is 2.19 bits per heavy atom. The number of rotatable bonds is 4. The van der Waals surface area contributed by atoms with Gasteiger partial charge < -0.3 is 11.1 Å². The zero-order valence-corrected chi connectivity index (χ0v) is 11.0. The van der Waals surface area contributed by atoms with Crippen LogP contribution in [0.2, 0.25) is 0 Å². The Hall–Kier alpha value is -2.50. The highest BCUT2D eigenvalue weighted by Gasteiger charge is 2.14. The van der Waals surface area contributed by atoms with E-state index >= 15 is 0 Å². The number of hydrogen-bond acceptors (Lipinski definition) is 2. The van der Waals surface area contributed by atoms with Gasteiger partial charge >= 0.3 is 0 Å². The van der Waals surface area contributed by atoms with Gasteiger partial charge in [0.15, 0.2) is 11.6 Å². The molecule has 3 N–H and O–H groups in total. The molecule has 0 bridgehead atoms. The Morgan fingerprint density at radius 1 is 1.05 bits per heavy atom. The van der Waals surface area contributed by atoms with Crippen LogP contribution >= 0.6 is 0 Å². The first kappa shape index (κ1) is 14.9. The van der Waals surface area contributed by atoms with Crippen LogP contribution in [0.1, 0.15) is 12.0 Å². The second kappa shape index (κ2) is 6.30. The molecule has 0 spiro atoms. The van der Waals surface area contributed by atoms with Gasteiger partial charge in [-0.25, -0.2) is 13.2 Å². The van der Waals surface area contributed by atoms with Gasteiger partial charge in [-0.05, 0) is 24.1 Å². The van der Waals surface area contributed by atoms with E-state index in [2.05, 4.69) is 5.32 Å². The fourth-order valence-corrected chi connectivity index (χ4v) is 1.81. The monoisotopic (exact) mass is 294 g/mol. The normalized spacial score (nSPS) is 10.4. The highest BCUT2D eigenvalue weighted by molar-refractivity contribution is 5.91. The first-order valence-electron chi connectivity index (χ1n) is 6.24. The van der Waals surface area contributed by atoms with Gasteiger partial charge in [-0.2, -0.15) is 0 Å². The topological polar surface area (TPSA) is 55.1 Å². The standard InChI is InChI=1S/C15H13F3N2O/c16-10-7-12(17)15(13(18)8-10)20-14(21)6-3-9-1-4-11(19)5-2-9/h1-2,4-5,7-8H,3,6,19H2,(H,20,21). The summed E-state index contributed by atoms with van der Waals surface area (Å²) in [7, 11) is 0. The largest absolute Gasteiger partial charge is 0.399 e. The third-order valence-electron chi connectivity index (χ3n) is 2.89. The summed E-state index contributed by atoms with van der Waals surface area (Å²) < 4.78 is 39.5. The molecule has 0 saturated carbocycles. The van der Waals surface area contributed by atoms with E-state index in [0.29, 0.717) is 24.2 Å². The van der Waals surface area contributed by atoms with Gasteiger partial charge in [0, 0.05) is 24.2 Å². The van der Waals surface area contributed by atoms with Crippen LogP contribution in [-0.4, -0.2) is 5.91 Å². The van der Waals surface area contributed by atoms with Gasteiger partial charge in [0.2, 0.25) is 5.91 Å². The molecule has 1 amide bonds. The second-order valence-corrected chi connectivity index (χ2v) is 4.53. The maximum atomic E-state index is 13.4. The molecule has 2 aromatic rings. The number of halogens is 3. The van der Waals surface area contributed by atoms with Crippen LogP contribution in [0, 0.1) is 17.5 Å². The van der Waals surface area contributed by atoms with Gasteiger partial charge in [0.05, 0.1) is 0 Å². The number of benzene rings is 2. The highest BCUT2D eigenvalue weighted by atomic mass is 19.1. The van der Waals surface area contributed by atoms with Crippen LogP contribution in [0.3, 0.4) is 0 Å². The maximum Gasteiger partial charge on any atom is 0.224 e. The number of nitrogen functional groups attached to an aromatic ring is 1. The van der Waals surface area contributed by atoms with Crippen LogP contribution in [0.5, 0.6) is 0 Å². The SMILES string of the molecule is Nc1ccc(CCC(=O)Nc2c(F)cc(F)cc2F)cc1. The molecule has 0 radical (unpaired) electrons. The van der Waals surface area contributed by atoms with Crippen molar-refractivity contribution in [3.63, 3.8) is 0 Å². The molecule has 0 aliphatic heterocycles. The van der Waals surface area contributed by atoms with Crippen molar-refractivity contribution < 1.29 is 18.0 Å². The lowest BCUT2D eigenvalue weighted by molar-refractivity contribution is -0.116. The van der Waals surface area contributed by atoms with Crippen molar-refractivity contribution in [3.8, 4) is 0 Å². The van der Waals surface area contributed by atoms with Crippen LogP contribution in [0.15, 0.2) is 36.4 Å². The van der Waals surface area contributed by atoms with Gasteiger partial charge in [-0.1, -0.05) is 12.1 Å². The molecule has 0 unspecified atom stereocenters. The number of carbonyl (C=O) groups is 1. The third kappa shape index (κ3) is 3.98. The van der Waals surface area contributed by atoms with Crippen molar-refractivity contribution in [1.29, 1.82) is 0 Å². The number of amides is 1. The van der Waals surface area contributed by atoms with E-state index in [4.69, 9.17) is 5.73 Å². The minimum atomic E-state index is -1.15. The highest BCUT2D eigenvalue weighted by Crippen LogP contribution is 2.20. The summed E-state index contributed by atoms with van der Waals surface area (Å²) in [6, 6.07) is 7.96. The molecular weight excluding hydrogens is 281 g/mol. The minimum absolute atomic E-state index is 0.0418. The number of nitrogens with one attached hydrogen (secondary N) is 1. The predicted molar refractivity (Wildman–Crippen MR) is 74.1 cm³/mol. The first-order chi connectivity index (χ1) is 9.95. The van der Waals surface area contributed by atoms with Crippen molar-refractivity contribution in [3.05, 3.63) is 59.4 Å². The van der Waals surface area contributed by atoms with Crippen LogP contribution in [0.25, 0.3) is 0 Å². The molecule has 2 aromatic carbocycles. The summed E-state index contributed by atoms with van der Waals surface area (Å²) in [5, 5.41) is 2.11. The summed E-state index contributed by atoms with van der Waals surface area (Å²) in [5.74, 6) is -3.89. The summed E-state index contributed by atoms with van der Waals surface area (Å²) in [6.07, 6.45) is 0.441. The van der Waals surface area contributed by atoms with E-state index in [1.807, 2.05) is 0 Å². The quantitative estimate of drug-likeness (QED) is 0.850. The number of nitrogens with two attached hydrogens (primary N) is 1. The zero-order chi connectivity index (χ0) is 15.4.